The van der Waals surface area contributed by atoms with Crippen molar-refractivity contribution in [2.75, 3.05) is 0 Å². The monoisotopic (exact) mass is 389 g/mol. The van der Waals surface area contributed by atoms with Gasteiger partial charge in [-0.1, -0.05) is 103 Å². The molecule has 28 heavy (non-hydrogen) atoms. The van der Waals surface area contributed by atoms with Gasteiger partial charge in [0.25, 0.3) is 0 Å². The second-order valence-corrected chi connectivity index (χ2v) is 8.72. The highest BCUT2D eigenvalue weighted by molar-refractivity contribution is 5.45. The van der Waals surface area contributed by atoms with Crippen LogP contribution in [0.25, 0.3) is 0 Å². The van der Waals surface area contributed by atoms with Crippen molar-refractivity contribution in [1.29, 1.82) is 0 Å². The molecule has 0 spiro atoms. The minimum Gasteiger partial charge on any atom is -0.507 e. The summed E-state index contributed by atoms with van der Waals surface area (Å²) in [7, 11) is 0. The number of hydrogen-bond donors (Lipinski definition) is 2. The highest BCUT2D eigenvalue weighted by atomic mass is 16.3. The second kappa shape index (κ2) is 15.9. The van der Waals surface area contributed by atoms with Gasteiger partial charge in [0.05, 0.1) is 0 Å². The summed E-state index contributed by atoms with van der Waals surface area (Å²) < 4.78 is 0. The number of rotatable bonds is 17. The Balaban J connectivity index is 2.49. The van der Waals surface area contributed by atoms with Gasteiger partial charge in [0.15, 0.2) is 0 Å². The van der Waals surface area contributed by atoms with Gasteiger partial charge in [-0.3, -0.25) is 0 Å². The summed E-state index contributed by atoms with van der Waals surface area (Å²) in [6.45, 7) is 6.51. The molecule has 0 amide bonds. The molecule has 1 aromatic carbocycles. The van der Waals surface area contributed by atoms with Crippen LogP contribution in [0.1, 0.15) is 133 Å². The zero-order valence-electron chi connectivity index (χ0n) is 19.1. The molecule has 0 saturated heterocycles. The van der Waals surface area contributed by atoms with Crippen molar-refractivity contribution in [3.63, 3.8) is 0 Å². The van der Waals surface area contributed by atoms with Crippen LogP contribution in [0.5, 0.6) is 5.75 Å². The van der Waals surface area contributed by atoms with Gasteiger partial charge in [0.2, 0.25) is 0 Å². The van der Waals surface area contributed by atoms with Crippen LogP contribution in [-0.2, 0) is 12.8 Å². The fraction of sp³-hybridized carbons (Fsp3) is 0.769. The molecular weight excluding hydrogens is 342 g/mol. The molecule has 1 atom stereocenters. The van der Waals surface area contributed by atoms with Crippen molar-refractivity contribution in [2.45, 2.75) is 130 Å². The van der Waals surface area contributed by atoms with E-state index in [4.69, 9.17) is 5.73 Å². The summed E-state index contributed by atoms with van der Waals surface area (Å²) in [6.07, 6.45) is 20.6. The molecule has 0 fully saturated rings. The first-order valence-electron chi connectivity index (χ1n) is 12.2. The molecule has 1 unspecified atom stereocenters. The number of aromatic hydroxyl groups is 1. The molecule has 0 aliphatic rings. The topological polar surface area (TPSA) is 46.2 Å². The number of nitrogens with two attached hydrogens (primary N) is 1. The maximum absolute atomic E-state index is 10.7. The lowest BCUT2D eigenvalue weighted by Gasteiger charge is -2.16. The maximum atomic E-state index is 10.7. The van der Waals surface area contributed by atoms with Gasteiger partial charge in [0, 0.05) is 11.6 Å². The predicted molar refractivity (Wildman–Crippen MR) is 124 cm³/mol. The van der Waals surface area contributed by atoms with E-state index < -0.39 is 0 Å². The second-order valence-electron chi connectivity index (χ2n) is 8.72. The van der Waals surface area contributed by atoms with E-state index in [0.717, 1.165) is 24.0 Å². The molecule has 0 radical (unpaired) electrons. The zero-order chi connectivity index (χ0) is 20.6. The zero-order valence-corrected chi connectivity index (χ0v) is 19.1. The van der Waals surface area contributed by atoms with Crippen LogP contribution in [0.15, 0.2) is 12.1 Å². The summed E-state index contributed by atoms with van der Waals surface area (Å²) in [5.41, 5.74) is 9.54. The normalized spacial score (nSPS) is 12.4. The van der Waals surface area contributed by atoms with Crippen LogP contribution >= 0.6 is 0 Å². The third kappa shape index (κ3) is 10.5. The molecule has 0 saturated carbocycles. The highest BCUT2D eigenvalue weighted by Gasteiger charge is 2.13. The van der Waals surface area contributed by atoms with E-state index in [1.807, 2.05) is 6.92 Å². The number of unbranched alkanes of at least 4 members (excludes halogenated alkanes) is 12. The molecule has 2 nitrogen and oxygen atoms in total. The number of phenols is 1. The molecule has 0 heterocycles. The maximum Gasteiger partial charge on any atom is 0.123 e. The average Bonchev–Trinajstić information content (AvgIpc) is 2.68. The largest absolute Gasteiger partial charge is 0.507 e. The Kier molecular flexibility index (Phi) is 14.2. The molecule has 0 aromatic heterocycles. The Labute approximate surface area is 175 Å². The lowest BCUT2D eigenvalue weighted by molar-refractivity contribution is 0.454. The number of phenolic OH excluding ortho intramolecular Hbond substituents is 1. The Bertz CT molecular complexity index is 509. The van der Waals surface area contributed by atoms with Gasteiger partial charge < -0.3 is 10.8 Å². The molecule has 0 aliphatic heterocycles. The van der Waals surface area contributed by atoms with Crippen LogP contribution in [0, 0.1) is 0 Å². The molecule has 0 bridgehead atoms. The van der Waals surface area contributed by atoms with E-state index in [1.165, 1.54) is 95.5 Å². The summed E-state index contributed by atoms with van der Waals surface area (Å²) in [5, 5.41) is 10.7. The quantitative estimate of drug-likeness (QED) is 0.265. The van der Waals surface area contributed by atoms with E-state index in [9.17, 15) is 5.11 Å². The van der Waals surface area contributed by atoms with E-state index >= 15 is 0 Å². The first-order valence-corrected chi connectivity index (χ1v) is 12.2. The van der Waals surface area contributed by atoms with Gasteiger partial charge in [-0.2, -0.15) is 0 Å². The van der Waals surface area contributed by atoms with Crippen molar-refractivity contribution in [3.05, 3.63) is 28.8 Å². The van der Waals surface area contributed by atoms with Gasteiger partial charge in [-0.25, -0.2) is 0 Å². The smallest absolute Gasteiger partial charge is 0.123 e. The van der Waals surface area contributed by atoms with Crippen molar-refractivity contribution in [2.24, 2.45) is 5.73 Å². The van der Waals surface area contributed by atoms with E-state index in [-0.39, 0.29) is 6.04 Å². The SMILES string of the molecule is CCCCCCCCCc1cc(CCCCCCCCC)c(O)c(C(C)N)c1. The summed E-state index contributed by atoms with van der Waals surface area (Å²) in [6, 6.07) is 4.28. The molecule has 3 N–H and O–H groups in total. The van der Waals surface area contributed by atoms with Crippen LogP contribution in [-0.4, -0.2) is 5.11 Å². The Morgan fingerprint density at radius 2 is 1.18 bits per heavy atom. The van der Waals surface area contributed by atoms with Crippen LogP contribution in [0.3, 0.4) is 0 Å². The summed E-state index contributed by atoms with van der Waals surface area (Å²) >= 11 is 0. The van der Waals surface area contributed by atoms with Crippen LogP contribution in [0.2, 0.25) is 0 Å². The highest BCUT2D eigenvalue weighted by Crippen LogP contribution is 2.31. The molecule has 0 aliphatic carbocycles. The van der Waals surface area contributed by atoms with Gasteiger partial charge in [-0.05, 0) is 43.7 Å². The van der Waals surface area contributed by atoms with Gasteiger partial charge in [0.1, 0.15) is 5.75 Å². The van der Waals surface area contributed by atoms with Crippen molar-refractivity contribution in [1.82, 2.24) is 0 Å². The Morgan fingerprint density at radius 3 is 1.68 bits per heavy atom. The third-order valence-corrected chi connectivity index (χ3v) is 5.89. The van der Waals surface area contributed by atoms with Crippen molar-refractivity contribution >= 4 is 0 Å². The minimum absolute atomic E-state index is 0.109. The predicted octanol–water partition coefficient (Wildman–Crippen LogP) is 8.00. The molecule has 1 rings (SSSR count). The number of aryl methyl sites for hydroxylation is 2. The first kappa shape index (κ1) is 25.0. The molecule has 162 valence electrons. The standard InChI is InChI=1S/C26H47NO/c1-4-6-8-10-12-14-16-18-23-20-24(26(28)25(21-23)22(3)27)19-17-15-13-11-9-7-5-2/h20-22,28H,4-19,27H2,1-3H3. The lowest BCUT2D eigenvalue weighted by atomic mass is 9.94. The van der Waals surface area contributed by atoms with E-state index in [0.29, 0.717) is 5.75 Å². The first-order chi connectivity index (χ1) is 13.6. The van der Waals surface area contributed by atoms with Crippen LogP contribution in [0.4, 0.5) is 0 Å². The minimum atomic E-state index is -0.109. The van der Waals surface area contributed by atoms with E-state index in [1.54, 1.807) is 0 Å². The fourth-order valence-corrected chi connectivity index (χ4v) is 4.03. The van der Waals surface area contributed by atoms with Gasteiger partial charge >= 0.3 is 0 Å². The van der Waals surface area contributed by atoms with Crippen LogP contribution < -0.4 is 5.73 Å². The summed E-state index contributed by atoms with van der Waals surface area (Å²) in [5.74, 6) is 0.448. The van der Waals surface area contributed by atoms with E-state index in [2.05, 4.69) is 26.0 Å². The Morgan fingerprint density at radius 1 is 0.714 bits per heavy atom. The number of benzene rings is 1. The average molecular weight is 390 g/mol. The molecule has 1 aromatic rings. The third-order valence-electron chi connectivity index (χ3n) is 5.89. The fourth-order valence-electron chi connectivity index (χ4n) is 4.03. The molecule has 2 heteroatoms. The van der Waals surface area contributed by atoms with Crippen molar-refractivity contribution < 1.29 is 5.11 Å². The Hall–Kier alpha value is -1.02. The molecular formula is C26H47NO. The summed E-state index contributed by atoms with van der Waals surface area (Å²) in [4.78, 5) is 0. The van der Waals surface area contributed by atoms with Crippen molar-refractivity contribution in [3.8, 4) is 5.75 Å². The lowest BCUT2D eigenvalue weighted by Crippen LogP contribution is -2.07. The number of hydrogen-bond acceptors (Lipinski definition) is 2. The van der Waals surface area contributed by atoms with Gasteiger partial charge in [-0.15, -0.1) is 0 Å².